The highest BCUT2D eigenvalue weighted by Crippen LogP contribution is 2.34. The van der Waals surface area contributed by atoms with Crippen molar-refractivity contribution in [1.29, 1.82) is 0 Å². The average Bonchev–Trinajstić information content (AvgIpc) is 3.60. The van der Waals surface area contributed by atoms with Gasteiger partial charge in [-0.05, 0) is 42.5 Å². The Labute approximate surface area is 225 Å². The van der Waals surface area contributed by atoms with Gasteiger partial charge in [0, 0.05) is 38.2 Å². The van der Waals surface area contributed by atoms with Crippen molar-refractivity contribution >= 4 is 64.3 Å². The van der Waals surface area contributed by atoms with Crippen LogP contribution in [-0.4, -0.2) is 58.8 Å². The predicted molar refractivity (Wildman–Crippen MR) is 144 cm³/mol. The molecule has 5 aromatic rings. The predicted octanol–water partition coefficient (Wildman–Crippen LogP) is -0.510. The highest BCUT2D eigenvalue weighted by atomic mass is 32.2. The van der Waals surface area contributed by atoms with Crippen LogP contribution in [0.1, 0.15) is 22.8 Å². The molecule has 0 aliphatic carbocycles. The van der Waals surface area contributed by atoms with Crippen LogP contribution in [0.2, 0.25) is 0 Å². The highest BCUT2D eigenvalue weighted by molar-refractivity contribution is 7.95. The molecule has 0 radical (unpaired) electrons. The van der Waals surface area contributed by atoms with Gasteiger partial charge in [0.2, 0.25) is 0 Å². The fraction of sp³-hybridized carbons (Fsp3) is 0. The van der Waals surface area contributed by atoms with Crippen molar-refractivity contribution < 1.29 is 38.9 Å². The third-order valence-corrected chi connectivity index (χ3v) is 9.23. The topological polar surface area (TPSA) is 226 Å². The van der Waals surface area contributed by atoms with Gasteiger partial charge >= 0.3 is 0 Å². The Morgan fingerprint density at radius 3 is 1.75 bits per heavy atom. The molecular weight excluding hydrogens is 584 g/mol. The van der Waals surface area contributed by atoms with E-state index in [2.05, 4.69) is 19.9 Å². The second kappa shape index (κ2) is 8.65. The number of hydrogen-bond acceptors (Lipinski definition) is 6. The summed E-state index contributed by atoms with van der Waals surface area (Å²) in [5.41, 5.74) is -0.285. The van der Waals surface area contributed by atoms with Crippen molar-refractivity contribution in [2.45, 2.75) is 9.79 Å². The van der Waals surface area contributed by atoms with Gasteiger partial charge < -0.3 is 19.9 Å². The van der Waals surface area contributed by atoms with Crippen molar-refractivity contribution in [2.75, 3.05) is 0 Å². The molecule has 0 unspecified atom stereocenters. The first kappa shape index (κ1) is 26.1. The Hall–Kier alpha value is -4.19. The van der Waals surface area contributed by atoms with E-state index in [1.807, 2.05) is 0 Å². The summed E-state index contributed by atoms with van der Waals surface area (Å²) in [5, 5.41) is 2.09. The third kappa shape index (κ3) is 4.41. The summed E-state index contributed by atoms with van der Waals surface area (Å²) in [7, 11) is -16.2. The second-order valence-corrected chi connectivity index (χ2v) is 13.0. The quantitative estimate of drug-likeness (QED) is 0.132. The molecular formula is C24H18N4O9S3. The zero-order valence-corrected chi connectivity index (χ0v) is 22.3. The zero-order chi connectivity index (χ0) is 28.6. The first-order valence-corrected chi connectivity index (χ1v) is 15.6. The van der Waals surface area contributed by atoms with E-state index in [0.29, 0.717) is 32.9 Å². The summed E-state index contributed by atoms with van der Waals surface area (Å²) in [4.78, 5) is 7.56. The normalized spacial score (nSPS) is 14.0. The van der Waals surface area contributed by atoms with Gasteiger partial charge in [0.15, 0.2) is 0 Å². The number of nitrogens with one attached hydrogen (secondary N) is 4. The van der Waals surface area contributed by atoms with Gasteiger partial charge in [-0.2, -0.15) is 25.3 Å². The molecule has 1 aliphatic heterocycles. The van der Waals surface area contributed by atoms with E-state index in [0.717, 1.165) is 6.08 Å². The van der Waals surface area contributed by atoms with Crippen molar-refractivity contribution in [3.63, 3.8) is 0 Å². The first-order valence-electron chi connectivity index (χ1n) is 11.3. The molecule has 1 aliphatic rings. The van der Waals surface area contributed by atoms with E-state index >= 15 is 0 Å². The molecule has 8 bridgehead atoms. The minimum absolute atomic E-state index is 0.252. The molecule has 5 heterocycles. The second-order valence-electron chi connectivity index (χ2n) is 8.95. The Balaban J connectivity index is 1.92. The first-order chi connectivity index (χ1) is 18.7. The van der Waals surface area contributed by atoms with Gasteiger partial charge in [0.05, 0.1) is 16.7 Å². The van der Waals surface area contributed by atoms with Gasteiger partial charge in [-0.25, -0.2) is 0 Å². The molecule has 13 nitrogen and oxygen atoms in total. The lowest BCUT2D eigenvalue weighted by Crippen LogP contribution is -2.20. The fourth-order valence-electron chi connectivity index (χ4n) is 4.80. The van der Waals surface area contributed by atoms with Crippen LogP contribution in [0.25, 0.3) is 33.9 Å². The van der Waals surface area contributed by atoms with Crippen molar-refractivity contribution in [2.24, 2.45) is 0 Å². The Kier molecular flexibility index (Phi) is 5.64. The van der Waals surface area contributed by atoms with Crippen LogP contribution in [0.5, 0.6) is 0 Å². The summed E-state index contributed by atoms with van der Waals surface area (Å²) in [6.07, 6.45) is 4.54. The molecule has 0 atom stereocenters. The van der Waals surface area contributed by atoms with Crippen LogP contribution in [0.4, 0.5) is 0 Å². The molecule has 206 valence electrons. The van der Waals surface area contributed by atoms with Crippen molar-refractivity contribution in [1.82, 2.24) is 19.9 Å². The van der Waals surface area contributed by atoms with E-state index < -0.39 is 56.4 Å². The Bertz CT molecular complexity index is 2460. The maximum Gasteiger partial charge on any atom is 0.298 e. The summed E-state index contributed by atoms with van der Waals surface area (Å²) in [6.45, 7) is 0. The molecule has 40 heavy (non-hydrogen) atoms. The smallest absolute Gasteiger partial charge is 0.298 e. The largest absolute Gasteiger partial charge is 0.355 e. The number of aromatic amines is 4. The molecule has 0 spiro atoms. The number of H-pyrrole nitrogens is 4. The van der Waals surface area contributed by atoms with Gasteiger partial charge in [0.25, 0.3) is 30.4 Å². The van der Waals surface area contributed by atoms with E-state index in [9.17, 15) is 38.9 Å². The van der Waals surface area contributed by atoms with Gasteiger partial charge in [-0.15, -0.1) is 0 Å². The van der Waals surface area contributed by atoms with Crippen LogP contribution in [0, 0.1) is 0 Å². The molecule has 0 saturated carbocycles. The molecule has 0 amide bonds. The van der Waals surface area contributed by atoms with Crippen LogP contribution >= 0.6 is 0 Å². The average molecular weight is 603 g/mol. The van der Waals surface area contributed by atoms with E-state index in [1.54, 1.807) is 48.6 Å². The van der Waals surface area contributed by atoms with Gasteiger partial charge in [-0.1, -0.05) is 24.3 Å². The summed E-state index contributed by atoms with van der Waals surface area (Å²) in [5.74, 6) is 0. The van der Waals surface area contributed by atoms with Gasteiger partial charge in [0.1, 0.15) is 14.7 Å². The van der Waals surface area contributed by atoms with E-state index in [1.165, 1.54) is 12.1 Å². The lowest BCUT2D eigenvalue weighted by atomic mass is 10.2. The maximum atomic E-state index is 12.6. The van der Waals surface area contributed by atoms with Crippen LogP contribution in [0.3, 0.4) is 0 Å². The standard InChI is InChI=1S/C24H18N4O9S3/c29-38(30,31)22-17-8-7-13(26-17)9-12-5-6-14(25-12)10-18-15-3-1-2-4-16(15)19(27-18)11-20-23(39(32,33)34)24(21(22)28-20)40(35,36)37/h1-11,25-28H,(H,29,30,31)(H,32,33,34)(H,35,36,37). The molecule has 4 aromatic heterocycles. The number of aromatic nitrogens is 4. The molecule has 0 fully saturated rings. The molecule has 1 aromatic carbocycles. The molecule has 6 rings (SSSR count). The lowest BCUT2D eigenvalue weighted by Gasteiger charge is -2.05. The third-order valence-electron chi connectivity index (χ3n) is 6.30. The highest BCUT2D eigenvalue weighted by Gasteiger charge is 2.37. The molecule has 7 N–H and O–H groups in total. The fourth-order valence-corrected chi connectivity index (χ4v) is 7.79. The van der Waals surface area contributed by atoms with Crippen LogP contribution in [0.15, 0.2) is 58.3 Å². The van der Waals surface area contributed by atoms with Crippen LogP contribution in [-0.2, 0) is 30.4 Å². The Morgan fingerprint density at radius 1 is 0.550 bits per heavy atom. The molecule has 0 saturated heterocycles. The number of benzene rings is 1. The number of rotatable bonds is 3. The van der Waals surface area contributed by atoms with Crippen molar-refractivity contribution in [3.8, 4) is 0 Å². The summed E-state index contributed by atoms with van der Waals surface area (Å²) in [6, 6.07) is 13.2. The van der Waals surface area contributed by atoms with E-state index in [-0.39, 0.29) is 10.7 Å². The van der Waals surface area contributed by atoms with Crippen LogP contribution < -0.4 is 21.4 Å². The molecule has 16 heteroatoms. The number of hydrogen-bond donors (Lipinski definition) is 7. The lowest BCUT2D eigenvalue weighted by molar-refractivity contribution is 0.467. The Morgan fingerprint density at radius 2 is 1.15 bits per heavy atom. The van der Waals surface area contributed by atoms with Crippen molar-refractivity contribution in [3.05, 3.63) is 92.7 Å². The minimum atomic E-state index is -5.53. The SMILES string of the molecule is O=S(=O)(O)C1=c2ccc([nH]2)=Cc2ccc([nH]2)C=c2[nH]c(c3ccccc23)=Cc2[nH]c1c(S(=O)(=O)O)c2S(=O)(=O)O. The number of fused-ring (bicyclic) bond motifs is 11. The summed E-state index contributed by atoms with van der Waals surface area (Å²) < 4.78 is 106. The van der Waals surface area contributed by atoms with Gasteiger partial charge in [-0.3, -0.25) is 13.7 Å². The maximum absolute atomic E-state index is 12.6. The van der Waals surface area contributed by atoms with E-state index in [4.69, 9.17) is 0 Å². The zero-order valence-electron chi connectivity index (χ0n) is 19.9. The minimum Gasteiger partial charge on any atom is -0.355 e. The monoisotopic (exact) mass is 602 g/mol. The summed E-state index contributed by atoms with van der Waals surface area (Å²) >= 11 is 0.